The molecule has 0 unspecified atom stereocenters. The number of pyridine rings is 1. The first-order chi connectivity index (χ1) is 18.9. The van der Waals surface area contributed by atoms with E-state index in [1.807, 2.05) is 0 Å². The molecule has 1 aromatic heterocycles. The number of nitrogens with one attached hydrogen (secondary N) is 3. The SMILES string of the molecule is CCOC(=O)C/C(C)=N/NC(=O)c1cc(Oc2ccc(NC(=O)Nc3ccc(Cl)c(C(F)(F)F)c3)cc2)ccn1. The molecule has 0 saturated heterocycles. The summed E-state index contributed by atoms with van der Waals surface area (Å²) in [7, 11) is 0. The standard InChI is InChI=1S/C26H23ClF3N5O5/c1-3-39-23(36)12-15(2)34-35-24(37)22-14-19(10-11-31-22)40-18-7-4-16(5-8-18)32-25(38)33-17-6-9-21(27)20(13-17)26(28,29)30/h4-11,13-14H,3,12H2,1-2H3,(H,35,37)(H2,32,33,38)/b34-15+. The van der Waals surface area contributed by atoms with Gasteiger partial charge in [-0.2, -0.15) is 18.3 Å². The van der Waals surface area contributed by atoms with Crippen molar-refractivity contribution >= 4 is 46.6 Å². The van der Waals surface area contributed by atoms with Crippen LogP contribution in [-0.2, 0) is 15.7 Å². The first-order valence-electron chi connectivity index (χ1n) is 11.6. The first-order valence-corrected chi connectivity index (χ1v) is 12.0. The Hall–Kier alpha value is -4.65. The highest BCUT2D eigenvalue weighted by molar-refractivity contribution is 6.31. The van der Waals surface area contributed by atoms with Gasteiger partial charge in [-0.05, 0) is 62.4 Å². The Balaban J connectivity index is 1.57. The number of hydrogen-bond donors (Lipinski definition) is 3. The summed E-state index contributed by atoms with van der Waals surface area (Å²) in [6.07, 6.45) is -3.38. The number of carbonyl (C=O) groups is 3. The zero-order valence-electron chi connectivity index (χ0n) is 21.1. The molecule has 0 spiro atoms. The molecule has 210 valence electrons. The van der Waals surface area contributed by atoms with Crippen LogP contribution in [0.3, 0.4) is 0 Å². The van der Waals surface area contributed by atoms with Gasteiger partial charge in [-0.1, -0.05) is 11.6 Å². The van der Waals surface area contributed by atoms with Crippen LogP contribution in [0.15, 0.2) is 65.9 Å². The van der Waals surface area contributed by atoms with Crippen LogP contribution in [0.4, 0.5) is 29.3 Å². The zero-order valence-corrected chi connectivity index (χ0v) is 21.9. The Bertz CT molecular complexity index is 1410. The van der Waals surface area contributed by atoms with Crippen LogP contribution in [-0.4, -0.2) is 35.2 Å². The molecular weight excluding hydrogens is 555 g/mol. The summed E-state index contributed by atoms with van der Waals surface area (Å²) in [6.45, 7) is 3.48. The number of amides is 3. The van der Waals surface area contributed by atoms with Crippen molar-refractivity contribution in [3.8, 4) is 11.5 Å². The van der Waals surface area contributed by atoms with E-state index in [4.69, 9.17) is 21.1 Å². The predicted octanol–water partition coefficient (Wildman–Crippen LogP) is 6.25. The molecule has 3 amide bonds. The van der Waals surface area contributed by atoms with E-state index in [1.54, 1.807) is 13.8 Å². The van der Waals surface area contributed by atoms with Crippen LogP contribution in [0, 0.1) is 0 Å². The molecule has 0 saturated carbocycles. The Morgan fingerprint density at radius 3 is 2.33 bits per heavy atom. The maximum Gasteiger partial charge on any atom is 0.417 e. The number of hydrogen-bond acceptors (Lipinski definition) is 7. The summed E-state index contributed by atoms with van der Waals surface area (Å²) in [6, 6.07) is 11.2. The van der Waals surface area contributed by atoms with Crippen molar-refractivity contribution in [2.45, 2.75) is 26.4 Å². The van der Waals surface area contributed by atoms with Crippen LogP contribution in [0.2, 0.25) is 5.02 Å². The van der Waals surface area contributed by atoms with E-state index >= 15 is 0 Å². The quantitative estimate of drug-likeness (QED) is 0.156. The van der Waals surface area contributed by atoms with Gasteiger partial charge in [-0.3, -0.25) is 14.6 Å². The molecule has 0 bridgehead atoms. The Labute approximate surface area is 231 Å². The number of urea groups is 1. The third-order valence-electron chi connectivity index (χ3n) is 4.90. The number of hydrazone groups is 1. The summed E-state index contributed by atoms with van der Waals surface area (Å²) in [5.74, 6) is -0.440. The number of anilines is 2. The van der Waals surface area contributed by atoms with Gasteiger partial charge in [0.25, 0.3) is 5.91 Å². The summed E-state index contributed by atoms with van der Waals surface area (Å²) >= 11 is 5.59. The number of aromatic nitrogens is 1. The number of carbonyl (C=O) groups excluding carboxylic acids is 3. The number of alkyl halides is 3. The summed E-state index contributed by atoms with van der Waals surface area (Å²) in [5, 5.41) is 8.19. The lowest BCUT2D eigenvalue weighted by molar-refractivity contribution is -0.141. The largest absolute Gasteiger partial charge is 0.466 e. The number of esters is 1. The maximum absolute atomic E-state index is 13.0. The minimum atomic E-state index is -4.67. The van der Waals surface area contributed by atoms with E-state index in [0.717, 1.165) is 12.1 Å². The second kappa shape index (κ2) is 13.4. The summed E-state index contributed by atoms with van der Waals surface area (Å²) in [5.41, 5.74) is 1.84. The van der Waals surface area contributed by atoms with Crippen LogP contribution in [0.5, 0.6) is 11.5 Å². The molecule has 0 aliphatic heterocycles. The van der Waals surface area contributed by atoms with Gasteiger partial charge in [-0.25, -0.2) is 10.2 Å². The lowest BCUT2D eigenvalue weighted by atomic mass is 10.2. The fourth-order valence-corrected chi connectivity index (χ4v) is 3.34. The third kappa shape index (κ3) is 8.98. The van der Waals surface area contributed by atoms with Crippen LogP contribution in [0.1, 0.15) is 36.3 Å². The van der Waals surface area contributed by atoms with Gasteiger partial charge in [-0.15, -0.1) is 0 Å². The van der Waals surface area contributed by atoms with E-state index in [2.05, 4.69) is 26.1 Å². The molecule has 14 heteroatoms. The molecule has 0 aliphatic carbocycles. The van der Waals surface area contributed by atoms with Crippen LogP contribution in [0.25, 0.3) is 0 Å². The highest BCUT2D eigenvalue weighted by Crippen LogP contribution is 2.36. The number of halogens is 4. The molecule has 3 aromatic rings. The average molecular weight is 578 g/mol. The lowest BCUT2D eigenvalue weighted by Gasteiger charge is -2.12. The molecule has 10 nitrogen and oxygen atoms in total. The number of rotatable bonds is 9. The average Bonchev–Trinajstić information content (AvgIpc) is 2.89. The fraction of sp³-hybridized carbons (Fsp3) is 0.192. The smallest absolute Gasteiger partial charge is 0.417 e. The van der Waals surface area contributed by atoms with Crippen molar-refractivity contribution in [2.24, 2.45) is 5.10 Å². The molecule has 3 N–H and O–H groups in total. The fourth-order valence-electron chi connectivity index (χ4n) is 3.12. The van der Waals surface area contributed by atoms with E-state index in [-0.39, 0.29) is 30.2 Å². The number of nitrogens with zero attached hydrogens (tertiary/aromatic N) is 2. The van der Waals surface area contributed by atoms with Gasteiger partial charge in [0.05, 0.1) is 23.6 Å². The number of ether oxygens (including phenoxy) is 2. The highest BCUT2D eigenvalue weighted by Gasteiger charge is 2.33. The molecule has 40 heavy (non-hydrogen) atoms. The van der Waals surface area contributed by atoms with E-state index in [0.29, 0.717) is 17.1 Å². The minimum absolute atomic E-state index is 0.0102. The Morgan fingerprint density at radius 1 is 0.975 bits per heavy atom. The molecule has 0 atom stereocenters. The van der Waals surface area contributed by atoms with E-state index < -0.39 is 34.7 Å². The first kappa shape index (κ1) is 29.9. The molecule has 0 fully saturated rings. The van der Waals surface area contributed by atoms with Crippen molar-refractivity contribution in [2.75, 3.05) is 17.2 Å². The lowest BCUT2D eigenvalue weighted by Crippen LogP contribution is -2.21. The van der Waals surface area contributed by atoms with Gasteiger partial charge >= 0.3 is 18.2 Å². The monoisotopic (exact) mass is 577 g/mol. The number of benzene rings is 2. The Kier molecular flexibility index (Phi) is 10.0. The Morgan fingerprint density at radius 2 is 1.65 bits per heavy atom. The maximum atomic E-state index is 13.0. The van der Waals surface area contributed by atoms with Crippen molar-refractivity contribution in [1.29, 1.82) is 0 Å². The van der Waals surface area contributed by atoms with Gasteiger partial charge in [0.1, 0.15) is 17.2 Å². The van der Waals surface area contributed by atoms with Crippen molar-refractivity contribution in [3.63, 3.8) is 0 Å². The second-order valence-electron chi connectivity index (χ2n) is 8.04. The van der Waals surface area contributed by atoms with Crippen LogP contribution < -0.4 is 20.8 Å². The molecule has 0 radical (unpaired) electrons. The summed E-state index contributed by atoms with van der Waals surface area (Å²) < 4.78 is 49.6. The topological polar surface area (TPSA) is 131 Å². The molecule has 0 aliphatic rings. The predicted molar refractivity (Wildman–Crippen MR) is 142 cm³/mol. The molecule has 2 aromatic carbocycles. The minimum Gasteiger partial charge on any atom is -0.466 e. The van der Waals surface area contributed by atoms with Gasteiger partial charge in [0, 0.05) is 29.3 Å². The third-order valence-corrected chi connectivity index (χ3v) is 5.22. The van der Waals surface area contributed by atoms with E-state index in [9.17, 15) is 27.6 Å². The van der Waals surface area contributed by atoms with Crippen LogP contribution >= 0.6 is 11.6 Å². The molecule has 3 rings (SSSR count). The second-order valence-corrected chi connectivity index (χ2v) is 8.45. The molecule has 1 heterocycles. The highest BCUT2D eigenvalue weighted by atomic mass is 35.5. The van der Waals surface area contributed by atoms with Crippen molar-refractivity contribution in [3.05, 3.63) is 77.1 Å². The van der Waals surface area contributed by atoms with Crippen molar-refractivity contribution < 1.29 is 37.0 Å². The van der Waals surface area contributed by atoms with Crippen molar-refractivity contribution in [1.82, 2.24) is 10.4 Å². The van der Waals surface area contributed by atoms with Gasteiger partial charge < -0.3 is 20.1 Å². The van der Waals surface area contributed by atoms with E-state index in [1.165, 1.54) is 48.7 Å². The summed E-state index contributed by atoms with van der Waals surface area (Å²) in [4.78, 5) is 40.1. The normalized spacial score (nSPS) is 11.4. The zero-order chi connectivity index (χ0) is 29.3. The molecular formula is C26H23ClF3N5O5. The van der Waals surface area contributed by atoms with Gasteiger partial charge in [0.15, 0.2) is 0 Å². The van der Waals surface area contributed by atoms with Gasteiger partial charge in [0.2, 0.25) is 0 Å².